The van der Waals surface area contributed by atoms with Gasteiger partial charge in [-0.25, -0.2) is 12.8 Å². The summed E-state index contributed by atoms with van der Waals surface area (Å²) in [7, 11) is -3.55. The monoisotopic (exact) mass is 366 g/mol. The lowest BCUT2D eigenvalue weighted by Gasteiger charge is -2.09. The first-order valence-electron chi connectivity index (χ1n) is 7.45. The molecule has 1 amide bonds. The van der Waals surface area contributed by atoms with E-state index >= 15 is 0 Å². The number of ether oxygens (including phenoxy) is 1. The molecule has 0 aliphatic rings. The van der Waals surface area contributed by atoms with E-state index in [0.717, 1.165) is 17.9 Å². The van der Waals surface area contributed by atoms with E-state index in [1.165, 1.54) is 12.1 Å². The lowest BCUT2D eigenvalue weighted by molar-refractivity contribution is -0.123. The molecular weight excluding hydrogens is 347 g/mol. The van der Waals surface area contributed by atoms with Crippen molar-refractivity contribution in [1.29, 1.82) is 0 Å². The quantitative estimate of drug-likeness (QED) is 0.787. The fourth-order valence-corrected chi connectivity index (χ4v) is 2.55. The van der Waals surface area contributed by atoms with Gasteiger partial charge >= 0.3 is 0 Å². The lowest BCUT2D eigenvalue weighted by Crippen LogP contribution is -2.28. The first-order chi connectivity index (χ1) is 11.7. The third kappa shape index (κ3) is 6.42. The molecule has 2 aromatic carbocycles. The molecule has 0 heterocycles. The third-order valence-electron chi connectivity index (χ3n) is 3.21. The minimum Gasteiger partial charge on any atom is -0.484 e. The van der Waals surface area contributed by atoms with Crippen molar-refractivity contribution in [1.82, 2.24) is 5.32 Å². The predicted molar refractivity (Wildman–Crippen MR) is 93.4 cm³/mol. The zero-order valence-corrected chi connectivity index (χ0v) is 14.7. The second kappa shape index (κ2) is 7.98. The van der Waals surface area contributed by atoms with Gasteiger partial charge in [-0.2, -0.15) is 0 Å². The van der Waals surface area contributed by atoms with Crippen molar-refractivity contribution in [2.24, 2.45) is 0 Å². The fraction of sp³-hybridized carbons (Fsp3) is 0.235. The number of anilines is 1. The van der Waals surface area contributed by atoms with E-state index < -0.39 is 15.8 Å². The summed E-state index contributed by atoms with van der Waals surface area (Å²) in [5.74, 6) is -0.476. The van der Waals surface area contributed by atoms with Gasteiger partial charge in [0.25, 0.3) is 5.91 Å². The van der Waals surface area contributed by atoms with Crippen LogP contribution in [0.4, 0.5) is 10.1 Å². The fourth-order valence-electron chi connectivity index (χ4n) is 1.99. The maximum Gasteiger partial charge on any atom is 0.258 e. The van der Waals surface area contributed by atoms with Crippen LogP contribution < -0.4 is 14.8 Å². The third-order valence-corrected chi connectivity index (χ3v) is 3.80. The number of aryl methyl sites for hydroxylation is 1. The Bertz CT molecular complexity index is 851. The van der Waals surface area contributed by atoms with Crippen LogP contribution in [0, 0.1) is 12.7 Å². The first kappa shape index (κ1) is 18.7. The van der Waals surface area contributed by atoms with Crippen molar-refractivity contribution in [2.75, 3.05) is 17.6 Å². The van der Waals surface area contributed by atoms with Crippen molar-refractivity contribution in [2.45, 2.75) is 13.5 Å². The van der Waals surface area contributed by atoms with Crippen LogP contribution in [0.25, 0.3) is 0 Å². The molecule has 2 rings (SSSR count). The molecule has 134 valence electrons. The highest BCUT2D eigenvalue weighted by molar-refractivity contribution is 7.92. The molecule has 6 nitrogen and oxygen atoms in total. The van der Waals surface area contributed by atoms with Crippen LogP contribution in [-0.4, -0.2) is 27.2 Å². The second-order valence-electron chi connectivity index (χ2n) is 5.57. The molecule has 0 aliphatic heterocycles. The average molecular weight is 366 g/mol. The number of nitrogens with one attached hydrogen (secondary N) is 2. The Morgan fingerprint density at radius 3 is 2.44 bits per heavy atom. The van der Waals surface area contributed by atoms with Crippen LogP contribution >= 0.6 is 0 Å². The zero-order valence-electron chi connectivity index (χ0n) is 13.9. The molecule has 25 heavy (non-hydrogen) atoms. The normalized spacial score (nSPS) is 11.0. The smallest absolute Gasteiger partial charge is 0.258 e. The molecule has 0 spiro atoms. The Kier molecular flexibility index (Phi) is 5.97. The molecule has 2 aromatic rings. The Labute approximate surface area is 146 Å². The predicted octanol–water partition coefficient (Wildman–Crippen LogP) is 2.20. The number of carbonyl (C=O) groups excluding carboxylic acids is 1. The molecule has 0 radical (unpaired) electrons. The first-order valence-corrected chi connectivity index (χ1v) is 9.34. The van der Waals surface area contributed by atoms with Gasteiger partial charge in [0.05, 0.1) is 11.9 Å². The highest BCUT2D eigenvalue weighted by Gasteiger charge is 2.09. The number of benzene rings is 2. The Morgan fingerprint density at radius 2 is 1.84 bits per heavy atom. The van der Waals surface area contributed by atoms with Gasteiger partial charge in [0, 0.05) is 6.54 Å². The Morgan fingerprint density at radius 1 is 1.16 bits per heavy atom. The molecule has 8 heteroatoms. The molecule has 0 atom stereocenters. The molecule has 0 saturated heterocycles. The number of halogens is 1. The number of rotatable bonds is 7. The summed E-state index contributed by atoms with van der Waals surface area (Å²) in [6, 6.07) is 11.3. The molecule has 0 fully saturated rings. The molecule has 0 unspecified atom stereocenters. The van der Waals surface area contributed by atoms with Gasteiger partial charge in [-0.15, -0.1) is 0 Å². The maximum absolute atomic E-state index is 13.8. The summed E-state index contributed by atoms with van der Waals surface area (Å²) in [5, 5.41) is 2.61. The van der Waals surface area contributed by atoms with Crippen LogP contribution in [0.5, 0.6) is 5.75 Å². The van der Waals surface area contributed by atoms with Crippen molar-refractivity contribution < 1.29 is 22.3 Å². The average Bonchev–Trinajstić information content (AvgIpc) is 2.53. The summed E-state index contributed by atoms with van der Waals surface area (Å²) < 4.78 is 43.5. The summed E-state index contributed by atoms with van der Waals surface area (Å²) in [6.45, 7) is 1.90. The molecule has 0 saturated carbocycles. The molecule has 2 N–H and O–H groups in total. The largest absolute Gasteiger partial charge is 0.484 e. The van der Waals surface area contributed by atoms with Gasteiger partial charge in [0.1, 0.15) is 11.6 Å². The van der Waals surface area contributed by atoms with Gasteiger partial charge < -0.3 is 10.1 Å². The Hall–Kier alpha value is -2.61. The van der Waals surface area contributed by atoms with E-state index in [0.29, 0.717) is 11.3 Å². The van der Waals surface area contributed by atoms with Crippen LogP contribution in [0.15, 0.2) is 42.5 Å². The number of sulfonamides is 1. The van der Waals surface area contributed by atoms with Gasteiger partial charge in [0.2, 0.25) is 10.0 Å². The molecule has 0 aromatic heterocycles. The SMILES string of the molecule is Cc1ccc(OCC(=O)NCc2ccc(NS(C)(=O)=O)c(F)c2)cc1. The lowest BCUT2D eigenvalue weighted by atomic mass is 10.2. The van der Waals surface area contributed by atoms with E-state index in [1.807, 2.05) is 19.1 Å². The van der Waals surface area contributed by atoms with Gasteiger partial charge in [-0.3, -0.25) is 9.52 Å². The number of amides is 1. The minimum atomic E-state index is -3.55. The van der Waals surface area contributed by atoms with Crippen LogP contribution in [0.2, 0.25) is 0 Å². The van der Waals surface area contributed by atoms with E-state index in [4.69, 9.17) is 4.74 Å². The van der Waals surface area contributed by atoms with Crippen LogP contribution in [0.3, 0.4) is 0 Å². The van der Waals surface area contributed by atoms with Crippen molar-refractivity contribution in [3.8, 4) is 5.75 Å². The standard InChI is InChI=1S/C17H19FN2O4S/c1-12-3-6-14(7-4-12)24-11-17(21)19-10-13-5-8-16(15(18)9-13)20-25(2,22)23/h3-9,20H,10-11H2,1-2H3,(H,19,21). The molecular formula is C17H19FN2O4S. The molecule has 0 bridgehead atoms. The summed E-state index contributed by atoms with van der Waals surface area (Å²) >= 11 is 0. The van der Waals surface area contributed by atoms with Crippen molar-refractivity contribution in [3.05, 3.63) is 59.4 Å². The zero-order chi connectivity index (χ0) is 18.4. The number of hydrogen-bond acceptors (Lipinski definition) is 4. The summed E-state index contributed by atoms with van der Waals surface area (Å²) in [4.78, 5) is 11.8. The van der Waals surface area contributed by atoms with E-state index in [9.17, 15) is 17.6 Å². The van der Waals surface area contributed by atoms with Crippen LogP contribution in [0.1, 0.15) is 11.1 Å². The summed E-state index contributed by atoms with van der Waals surface area (Å²) in [5.41, 5.74) is 1.45. The maximum atomic E-state index is 13.8. The van der Waals surface area contributed by atoms with E-state index in [1.54, 1.807) is 12.1 Å². The van der Waals surface area contributed by atoms with E-state index in [2.05, 4.69) is 10.0 Å². The summed E-state index contributed by atoms with van der Waals surface area (Å²) in [6.07, 6.45) is 0.939. The van der Waals surface area contributed by atoms with Crippen molar-refractivity contribution >= 4 is 21.6 Å². The number of hydrogen-bond donors (Lipinski definition) is 2. The highest BCUT2D eigenvalue weighted by atomic mass is 32.2. The number of carbonyl (C=O) groups is 1. The second-order valence-corrected chi connectivity index (χ2v) is 7.32. The van der Waals surface area contributed by atoms with Gasteiger partial charge in [-0.1, -0.05) is 23.8 Å². The van der Waals surface area contributed by atoms with Crippen molar-refractivity contribution in [3.63, 3.8) is 0 Å². The van der Waals surface area contributed by atoms with Crippen LogP contribution in [-0.2, 0) is 21.4 Å². The minimum absolute atomic E-state index is 0.103. The van der Waals surface area contributed by atoms with E-state index in [-0.39, 0.29) is 24.7 Å². The Balaban J connectivity index is 1.85. The van der Waals surface area contributed by atoms with Gasteiger partial charge in [0.15, 0.2) is 6.61 Å². The van der Waals surface area contributed by atoms with Gasteiger partial charge in [-0.05, 0) is 36.8 Å². The molecule has 0 aliphatic carbocycles. The topological polar surface area (TPSA) is 84.5 Å². The highest BCUT2D eigenvalue weighted by Crippen LogP contribution is 2.17.